The third-order valence-electron chi connectivity index (χ3n) is 3.74. The number of aromatic nitrogens is 2. The lowest BCUT2D eigenvalue weighted by molar-refractivity contribution is 0.182. The van der Waals surface area contributed by atoms with Gasteiger partial charge in [-0.25, -0.2) is 4.68 Å². The molecule has 1 aliphatic heterocycles. The van der Waals surface area contributed by atoms with Gasteiger partial charge in [-0.15, -0.1) is 0 Å². The van der Waals surface area contributed by atoms with Gasteiger partial charge in [0.15, 0.2) is 0 Å². The van der Waals surface area contributed by atoms with Crippen molar-refractivity contribution < 1.29 is 4.74 Å². The van der Waals surface area contributed by atoms with Crippen LogP contribution >= 0.6 is 11.6 Å². The van der Waals surface area contributed by atoms with Gasteiger partial charge in [-0.05, 0) is 7.05 Å². The van der Waals surface area contributed by atoms with Gasteiger partial charge in [0, 0.05) is 33.3 Å². The van der Waals surface area contributed by atoms with E-state index in [1.807, 2.05) is 0 Å². The molecule has 0 spiro atoms. The first-order valence-corrected chi connectivity index (χ1v) is 7.36. The SMILES string of the molecule is COCCn1ncc(N2CCN(C)CC2CN)c(Cl)c1=O. The highest BCUT2D eigenvalue weighted by Crippen LogP contribution is 2.24. The van der Waals surface area contributed by atoms with Crippen LogP contribution in [0.1, 0.15) is 0 Å². The maximum Gasteiger partial charge on any atom is 0.287 e. The fourth-order valence-corrected chi connectivity index (χ4v) is 2.78. The molecule has 0 saturated carbocycles. The molecule has 1 fully saturated rings. The number of likely N-dealkylation sites (N-methyl/N-ethyl adjacent to an activating group) is 1. The van der Waals surface area contributed by atoms with Crippen molar-refractivity contribution in [3.63, 3.8) is 0 Å². The Morgan fingerprint density at radius 3 is 2.95 bits per heavy atom. The number of hydrogen-bond acceptors (Lipinski definition) is 6. The van der Waals surface area contributed by atoms with Crippen LogP contribution in [0.25, 0.3) is 0 Å². The summed E-state index contributed by atoms with van der Waals surface area (Å²) in [6, 6.07) is 0.136. The van der Waals surface area contributed by atoms with Crippen molar-refractivity contribution in [1.82, 2.24) is 14.7 Å². The fraction of sp³-hybridized carbons (Fsp3) is 0.692. The van der Waals surface area contributed by atoms with E-state index in [0.717, 1.165) is 19.6 Å². The summed E-state index contributed by atoms with van der Waals surface area (Å²) in [5.41, 5.74) is 6.22. The van der Waals surface area contributed by atoms with Gasteiger partial charge < -0.3 is 20.3 Å². The number of methoxy groups -OCH3 is 1. The molecule has 8 heteroatoms. The molecule has 7 nitrogen and oxygen atoms in total. The largest absolute Gasteiger partial charge is 0.383 e. The summed E-state index contributed by atoms with van der Waals surface area (Å²) in [4.78, 5) is 16.5. The van der Waals surface area contributed by atoms with Crippen molar-refractivity contribution in [2.75, 3.05) is 51.8 Å². The molecule has 1 aromatic rings. The Morgan fingerprint density at radius 2 is 2.29 bits per heavy atom. The average Bonchev–Trinajstić information content (AvgIpc) is 2.49. The summed E-state index contributed by atoms with van der Waals surface area (Å²) in [5.74, 6) is 0. The Kier molecular flexibility index (Phi) is 5.58. The molecule has 0 radical (unpaired) electrons. The molecule has 1 saturated heterocycles. The lowest BCUT2D eigenvalue weighted by Gasteiger charge is -2.41. The Bertz CT molecular complexity index is 536. The standard InChI is InChI=1S/C13H22ClN5O2/c1-17-3-4-18(10(7-15)9-17)11-8-16-19(5-6-21-2)13(20)12(11)14/h8,10H,3-7,9,15H2,1-2H3. The van der Waals surface area contributed by atoms with E-state index in [2.05, 4.69) is 21.9 Å². The molecule has 0 aliphatic carbocycles. The van der Waals surface area contributed by atoms with Gasteiger partial charge in [0.2, 0.25) is 0 Å². The molecule has 1 aliphatic rings. The Morgan fingerprint density at radius 1 is 1.52 bits per heavy atom. The molecule has 1 unspecified atom stereocenters. The van der Waals surface area contributed by atoms with Crippen LogP contribution in [0, 0.1) is 0 Å². The first-order chi connectivity index (χ1) is 10.1. The van der Waals surface area contributed by atoms with Gasteiger partial charge >= 0.3 is 0 Å². The second-order valence-electron chi connectivity index (χ2n) is 5.21. The topological polar surface area (TPSA) is 76.6 Å². The zero-order chi connectivity index (χ0) is 15.4. The molecule has 0 bridgehead atoms. The van der Waals surface area contributed by atoms with Gasteiger partial charge in [-0.2, -0.15) is 5.10 Å². The number of hydrogen-bond donors (Lipinski definition) is 1. The van der Waals surface area contributed by atoms with Crippen LogP contribution in [0.4, 0.5) is 5.69 Å². The van der Waals surface area contributed by atoms with E-state index in [1.54, 1.807) is 13.3 Å². The number of rotatable bonds is 5. The number of ether oxygens (including phenoxy) is 1. The molecule has 0 aromatic carbocycles. The highest BCUT2D eigenvalue weighted by atomic mass is 35.5. The third-order valence-corrected chi connectivity index (χ3v) is 4.10. The first-order valence-electron chi connectivity index (χ1n) is 6.98. The zero-order valence-electron chi connectivity index (χ0n) is 12.5. The van der Waals surface area contributed by atoms with Crippen LogP contribution in [-0.2, 0) is 11.3 Å². The predicted octanol–water partition coefficient (Wildman–Crippen LogP) is -0.378. The first kappa shape index (κ1) is 16.2. The Balaban J connectivity index is 2.27. The van der Waals surface area contributed by atoms with Crippen LogP contribution in [0.2, 0.25) is 5.02 Å². The van der Waals surface area contributed by atoms with Crippen molar-refractivity contribution in [1.29, 1.82) is 0 Å². The minimum absolute atomic E-state index is 0.136. The molecule has 0 amide bonds. The van der Waals surface area contributed by atoms with Crippen LogP contribution in [0.3, 0.4) is 0 Å². The molecule has 1 atom stereocenters. The number of halogens is 1. The summed E-state index contributed by atoms with van der Waals surface area (Å²) >= 11 is 6.26. The quantitative estimate of drug-likeness (QED) is 0.798. The zero-order valence-corrected chi connectivity index (χ0v) is 13.2. The minimum atomic E-state index is -0.291. The lowest BCUT2D eigenvalue weighted by Crippen LogP contribution is -2.55. The van der Waals surface area contributed by atoms with Crippen LogP contribution < -0.4 is 16.2 Å². The maximum atomic E-state index is 12.2. The van der Waals surface area contributed by atoms with E-state index < -0.39 is 0 Å². The lowest BCUT2D eigenvalue weighted by atomic mass is 10.1. The number of anilines is 1. The predicted molar refractivity (Wildman–Crippen MR) is 83.1 cm³/mol. The molecule has 118 valence electrons. The average molecular weight is 316 g/mol. The maximum absolute atomic E-state index is 12.2. The Hall–Kier alpha value is -1.15. The van der Waals surface area contributed by atoms with E-state index in [-0.39, 0.29) is 16.6 Å². The smallest absolute Gasteiger partial charge is 0.287 e. The molecule has 21 heavy (non-hydrogen) atoms. The number of piperazine rings is 1. The third kappa shape index (κ3) is 3.55. The van der Waals surface area contributed by atoms with Crippen molar-refractivity contribution in [2.24, 2.45) is 5.73 Å². The second-order valence-corrected chi connectivity index (χ2v) is 5.59. The minimum Gasteiger partial charge on any atom is -0.383 e. The molecule has 2 rings (SSSR count). The molecular weight excluding hydrogens is 294 g/mol. The molecular formula is C13H22ClN5O2. The summed E-state index contributed by atoms with van der Waals surface area (Å²) in [6.45, 7) is 3.84. The van der Waals surface area contributed by atoms with Crippen molar-refractivity contribution in [3.8, 4) is 0 Å². The van der Waals surface area contributed by atoms with E-state index in [9.17, 15) is 4.79 Å². The molecule has 1 aromatic heterocycles. The van der Waals surface area contributed by atoms with Gasteiger partial charge in [0.05, 0.1) is 31.1 Å². The van der Waals surface area contributed by atoms with Gasteiger partial charge in [-0.3, -0.25) is 4.79 Å². The van der Waals surface area contributed by atoms with Crippen LogP contribution in [0.5, 0.6) is 0 Å². The summed E-state index contributed by atoms with van der Waals surface area (Å²) < 4.78 is 6.28. The van der Waals surface area contributed by atoms with Crippen LogP contribution in [-0.4, -0.2) is 67.7 Å². The number of nitrogens with zero attached hydrogens (tertiary/aromatic N) is 4. The number of nitrogens with two attached hydrogens (primary N) is 1. The van der Waals surface area contributed by atoms with Crippen molar-refractivity contribution in [3.05, 3.63) is 21.6 Å². The fourth-order valence-electron chi connectivity index (χ4n) is 2.52. The molecule has 2 heterocycles. The molecule has 2 N–H and O–H groups in total. The van der Waals surface area contributed by atoms with E-state index in [1.165, 1.54) is 4.68 Å². The Labute approximate surface area is 129 Å². The monoisotopic (exact) mass is 315 g/mol. The van der Waals surface area contributed by atoms with Gasteiger partial charge in [0.25, 0.3) is 5.56 Å². The van der Waals surface area contributed by atoms with E-state index in [4.69, 9.17) is 22.1 Å². The highest BCUT2D eigenvalue weighted by molar-refractivity contribution is 6.33. The van der Waals surface area contributed by atoms with Gasteiger partial charge in [0.1, 0.15) is 5.02 Å². The summed E-state index contributed by atoms with van der Waals surface area (Å²) in [5, 5.41) is 4.38. The van der Waals surface area contributed by atoms with E-state index in [0.29, 0.717) is 25.4 Å². The van der Waals surface area contributed by atoms with Crippen LogP contribution in [0.15, 0.2) is 11.0 Å². The van der Waals surface area contributed by atoms with Crippen molar-refractivity contribution in [2.45, 2.75) is 12.6 Å². The highest BCUT2D eigenvalue weighted by Gasteiger charge is 2.27. The second kappa shape index (κ2) is 7.22. The van der Waals surface area contributed by atoms with Crippen molar-refractivity contribution >= 4 is 17.3 Å². The van der Waals surface area contributed by atoms with Gasteiger partial charge in [-0.1, -0.05) is 11.6 Å². The normalized spacial score (nSPS) is 20.0. The summed E-state index contributed by atoms with van der Waals surface area (Å²) in [6.07, 6.45) is 1.65. The van der Waals surface area contributed by atoms with E-state index >= 15 is 0 Å². The summed E-state index contributed by atoms with van der Waals surface area (Å²) in [7, 11) is 3.64.